The predicted octanol–water partition coefficient (Wildman–Crippen LogP) is 3.65. The zero-order valence-electron chi connectivity index (χ0n) is 13.5. The van der Waals surface area contributed by atoms with Gasteiger partial charge in [0.2, 0.25) is 5.89 Å². The largest absolute Gasteiger partial charge is 0.451 e. The summed E-state index contributed by atoms with van der Waals surface area (Å²) in [6, 6.07) is 15.2. The Labute approximate surface area is 143 Å². The third-order valence-corrected chi connectivity index (χ3v) is 3.86. The quantitative estimate of drug-likeness (QED) is 0.533. The van der Waals surface area contributed by atoms with E-state index < -0.39 is 5.97 Å². The number of imidazole rings is 1. The summed E-state index contributed by atoms with van der Waals surface area (Å²) in [5, 5.41) is 0. The molecule has 0 N–H and O–H groups in total. The molecule has 4 rings (SSSR count). The molecule has 0 radical (unpaired) electrons. The summed E-state index contributed by atoms with van der Waals surface area (Å²) in [6.07, 6.45) is 3.48. The zero-order valence-corrected chi connectivity index (χ0v) is 13.5. The van der Waals surface area contributed by atoms with Crippen LogP contribution in [0.1, 0.15) is 22.2 Å². The molecule has 3 heterocycles. The van der Waals surface area contributed by atoms with Crippen LogP contribution < -0.4 is 0 Å². The average molecular weight is 333 g/mol. The molecule has 0 saturated heterocycles. The molecule has 0 unspecified atom stereocenters. The number of esters is 1. The first-order valence-corrected chi connectivity index (χ1v) is 7.83. The second kappa shape index (κ2) is 6.24. The van der Waals surface area contributed by atoms with E-state index in [1.54, 1.807) is 6.20 Å². The van der Waals surface area contributed by atoms with E-state index in [1.165, 1.54) is 0 Å². The van der Waals surface area contributed by atoms with E-state index in [9.17, 15) is 4.79 Å². The van der Waals surface area contributed by atoms with Crippen LogP contribution in [0.3, 0.4) is 0 Å². The van der Waals surface area contributed by atoms with Crippen LogP contribution in [0.5, 0.6) is 0 Å². The number of oxazole rings is 1. The van der Waals surface area contributed by atoms with Crippen LogP contribution in [0.15, 0.2) is 65.3 Å². The molecule has 1 aromatic carbocycles. The minimum absolute atomic E-state index is 0.0451. The van der Waals surface area contributed by atoms with Crippen LogP contribution in [-0.2, 0) is 11.3 Å². The fourth-order valence-corrected chi connectivity index (χ4v) is 2.65. The molecule has 0 atom stereocenters. The number of fused-ring (bicyclic) bond motifs is 1. The first kappa shape index (κ1) is 15.1. The highest BCUT2D eigenvalue weighted by Crippen LogP contribution is 2.20. The molecule has 0 amide bonds. The van der Waals surface area contributed by atoms with Gasteiger partial charge in [-0.15, -0.1) is 0 Å². The summed E-state index contributed by atoms with van der Waals surface area (Å²) in [7, 11) is 0. The normalized spacial score (nSPS) is 10.9. The van der Waals surface area contributed by atoms with Crippen molar-refractivity contribution in [2.45, 2.75) is 13.5 Å². The number of ether oxygens (including phenoxy) is 1. The molecule has 0 aliphatic carbocycles. The number of hydrogen-bond acceptors (Lipinski definition) is 5. The van der Waals surface area contributed by atoms with Crippen molar-refractivity contribution in [3.05, 3.63) is 78.3 Å². The van der Waals surface area contributed by atoms with Gasteiger partial charge in [0, 0.05) is 11.8 Å². The summed E-state index contributed by atoms with van der Waals surface area (Å²) in [6.45, 7) is 1.79. The lowest BCUT2D eigenvalue weighted by Gasteiger charge is -2.00. The van der Waals surface area contributed by atoms with Crippen LogP contribution in [0.4, 0.5) is 0 Å². The lowest BCUT2D eigenvalue weighted by Crippen LogP contribution is -2.06. The van der Waals surface area contributed by atoms with Gasteiger partial charge >= 0.3 is 5.97 Å². The number of carbonyl (C=O) groups is 1. The second-order valence-corrected chi connectivity index (χ2v) is 5.52. The van der Waals surface area contributed by atoms with E-state index in [0.29, 0.717) is 17.2 Å². The van der Waals surface area contributed by atoms with Gasteiger partial charge in [0.1, 0.15) is 5.82 Å². The number of aromatic nitrogens is 3. The number of benzene rings is 1. The first-order valence-electron chi connectivity index (χ1n) is 7.83. The maximum absolute atomic E-state index is 12.4. The molecule has 25 heavy (non-hydrogen) atoms. The number of aryl methyl sites for hydroxylation is 1. The van der Waals surface area contributed by atoms with Crippen molar-refractivity contribution in [2.24, 2.45) is 0 Å². The number of carbonyl (C=O) groups excluding carboxylic acids is 1. The summed E-state index contributed by atoms with van der Waals surface area (Å²) < 4.78 is 12.8. The Bertz CT molecular complexity index is 1030. The number of hydrogen-bond donors (Lipinski definition) is 0. The lowest BCUT2D eigenvalue weighted by molar-refractivity contribution is 0.0435. The number of pyridine rings is 1. The van der Waals surface area contributed by atoms with Crippen molar-refractivity contribution in [3.8, 4) is 11.3 Å². The van der Waals surface area contributed by atoms with Crippen molar-refractivity contribution < 1.29 is 13.9 Å². The maximum atomic E-state index is 12.4. The first-order chi connectivity index (χ1) is 12.2. The molecule has 3 aromatic heterocycles. The van der Waals surface area contributed by atoms with Gasteiger partial charge in [-0.3, -0.25) is 0 Å². The van der Waals surface area contributed by atoms with Gasteiger partial charge in [-0.2, -0.15) is 0 Å². The second-order valence-electron chi connectivity index (χ2n) is 5.52. The molecule has 0 saturated carbocycles. The standard InChI is InChI=1S/C19H15N3O3/c1-13-21-18(15-9-5-6-10-22(13)15)19(23)24-12-17-20-11-16(25-17)14-7-3-2-4-8-14/h2-11H,12H2,1H3. The lowest BCUT2D eigenvalue weighted by atomic mass is 10.2. The molecule has 124 valence electrons. The Morgan fingerprint density at radius 1 is 1.16 bits per heavy atom. The summed E-state index contributed by atoms with van der Waals surface area (Å²) in [5.74, 6) is 1.20. The van der Waals surface area contributed by atoms with Gasteiger partial charge in [-0.25, -0.2) is 14.8 Å². The van der Waals surface area contributed by atoms with Crippen molar-refractivity contribution in [2.75, 3.05) is 0 Å². The minimum Gasteiger partial charge on any atom is -0.451 e. The van der Waals surface area contributed by atoms with Crippen molar-refractivity contribution in [1.82, 2.24) is 14.4 Å². The van der Waals surface area contributed by atoms with E-state index in [-0.39, 0.29) is 12.3 Å². The highest BCUT2D eigenvalue weighted by atomic mass is 16.5. The van der Waals surface area contributed by atoms with Gasteiger partial charge in [-0.1, -0.05) is 36.4 Å². The van der Waals surface area contributed by atoms with Crippen LogP contribution in [0, 0.1) is 6.92 Å². The summed E-state index contributed by atoms with van der Waals surface area (Å²) >= 11 is 0. The summed E-state index contributed by atoms with van der Waals surface area (Å²) in [4.78, 5) is 20.8. The van der Waals surface area contributed by atoms with Crippen molar-refractivity contribution >= 4 is 11.5 Å². The topological polar surface area (TPSA) is 69.6 Å². The Morgan fingerprint density at radius 2 is 1.96 bits per heavy atom. The smallest absolute Gasteiger partial charge is 0.359 e. The molecule has 6 nitrogen and oxygen atoms in total. The van der Waals surface area contributed by atoms with Gasteiger partial charge in [0.05, 0.1) is 11.7 Å². The van der Waals surface area contributed by atoms with Gasteiger partial charge < -0.3 is 13.6 Å². The van der Waals surface area contributed by atoms with Crippen LogP contribution in [-0.4, -0.2) is 20.3 Å². The third-order valence-electron chi connectivity index (χ3n) is 3.86. The Hall–Kier alpha value is -3.41. The van der Waals surface area contributed by atoms with E-state index in [1.807, 2.05) is 66.1 Å². The molecule has 4 aromatic rings. The van der Waals surface area contributed by atoms with Crippen molar-refractivity contribution in [3.63, 3.8) is 0 Å². The molecule has 0 spiro atoms. The highest BCUT2D eigenvalue weighted by molar-refractivity contribution is 5.95. The minimum atomic E-state index is -0.503. The van der Waals surface area contributed by atoms with Gasteiger partial charge in [0.25, 0.3) is 0 Å². The Balaban J connectivity index is 1.50. The third kappa shape index (κ3) is 2.89. The van der Waals surface area contributed by atoms with Crippen molar-refractivity contribution in [1.29, 1.82) is 0 Å². The number of rotatable bonds is 4. The molecule has 0 aliphatic heterocycles. The monoisotopic (exact) mass is 333 g/mol. The molecular formula is C19H15N3O3. The fourth-order valence-electron chi connectivity index (χ4n) is 2.65. The Morgan fingerprint density at radius 3 is 2.80 bits per heavy atom. The van der Waals surface area contributed by atoms with Crippen LogP contribution >= 0.6 is 0 Å². The van der Waals surface area contributed by atoms with Gasteiger partial charge in [-0.05, 0) is 19.1 Å². The fraction of sp³-hybridized carbons (Fsp3) is 0.105. The van der Waals surface area contributed by atoms with E-state index in [0.717, 1.165) is 11.4 Å². The molecule has 0 aliphatic rings. The van der Waals surface area contributed by atoms with E-state index in [4.69, 9.17) is 9.15 Å². The average Bonchev–Trinajstić information content (AvgIpc) is 3.26. The molecule has 6 heteroatoms. The van der Waals surface area contributed by atoms with Crippen LogP contribution in [0.2, 0.25) is 0 Å². The summed E-state index contributed by atoms with van der Waals surface area (Å²) in [5.41, 5.74) is 1.92. The zero-order chi connectivity index (χ0) is 17.2. The van der Waals surface area contributed by atoms with E-state index in [2.05, 4.69) is 9.97 Å². The maximum Gasteiger partial charge on any atom is 0.359 e. The molecule has 0 fully saturated rings. The SMILES string of the molecule is Cc1nc(C(=O)OCc2ncc(-c3ccccc3)o2)c2ccccn12. The Kier molecular flexibility index (Phi) is 3.78. The molecular weight excluding hydrogens is 318 g/mol. The number of nitrogens with zero attached hydrogens (tertiary/aromatic N) is 3. The predicted molar refractivity (Wildman–Crippen MR) is 91.0 cm³/mol. The molecule has 0 bridgehead atoms. The van der Waals surface area contributed by atoms with Crippen LogP contribution in [0.25, 0.3) is 16.8 Å². The van der Waals surface area contributed by atoms with Gasteiger partial charge in [0.15, 0.2) is 18.1 Å². The highest BCUT2D eigenvalue weighted by Gasteiger charge is 2.18. The van der Waals surface area contributed by atoms with E-state index >= 15 is 0 Å².